The van der Waals surface area contributed by atoms with Crippen molar-refractivity contribution >= 4 is 46.7 Å². The van der Waals surface area contributed by atoms with Crippen molar-refractivity contribution < 1.29 is 28.3 Å². The molecule has 0 bridgehead atoms. The van der Waals surface area contributed by atoms with Crippen LogP contribution in [0.3, 0.4) is 0 Å². The summed E-state index contributed by atoms with van der Waals surface area (Å²) in [6, 6.07) is 9.13. The van der Waals surface area contributed by atoms with Gasteiger partial charge in [0, 0.05) is 29.6 Å². The Balaban J connectivity index is 1.56. The normalized spacial score (nSPS) is 27.8. The molecular weight excluding hydrogens is 539 g/mol. The summed E-state index contributed by atoms with van der Waals surface area (Å²) < 4.78 is 29.7. The molecule has 2 fully saturated rings. The topological polar surface area (TPSA) is 98.7 Å². The van der Waals surface area contributed by atoms with Crippen LogP contribution in [-0.2, 0) is 31.9 Å². The van der Waals surface area contributed by atoms with E-state index >= 15 is 0 Å². The highest BCUT2D eigenvalue weighted by atomic mass is 35.5. The Morgan fingerprint density at radius 3 is 2.58 bits per heavy atom. The lowest BCUT2D eigenvalue weighted by Gasteiger charge is -2.35. The molecule has 0 saturated carbocycles. The Morgan fingerprint density at radius 1 is 1.21 bits per heavy atom. The number of nitrogens with zero attached hydrogens (tertiary/aromatic N) is 1. The Morgan fingerprint density at radius 2 is 1.92 bits per heavy atom. The third kappa shape index (κ3) is 4.06. The number of nitrogens with one attached hydrogen (secondary N) is 2. The molecule has 0 radical (unpaired) electrons. The number of fused-ring (bicyclic) bond motifs is 4. The van der Waals surface area contributed by atoms with Crippen LogP contribution in [0.2, 0.25) is 10.0 Å². The summed E-state index contributed by atoms with van der Waals surface area (Å²) in [5.41, 5.74) is -0.184. The van der Waals surface area contributed by atoms with Crippen molar-refractivity contribution in [1.29, 1.82) is 0 Å². The maximum Gasteiger partial charge on any atom is 0.310 e. The summed E-state index contributed by atoms with van der Waals surface area (Å²) in [5, 5.41) is 15.9. The van der Waals surface area contributed by atoms with E-state index in [2.05, 4.69) is 31.4 Å². The molecule has 38 heavy (non-hydrogen) atoms. The molecule has 7 nitrogen and oxygen atoms in total. The molecular formula is C27H27Cl2F2N3O4. The van der Waals surface area contributed by atoms with Crippen molar-refractivity contribution in [2.45, 2.75) is 56.7 Å². The van der Waals surface area contributed by atoms with E-state index in [0.717, 1.165) is 11.1 Å². The molecule has 2 aromatic carbocycles. The van der Waals surface area contributed by atoms with Crippen LogP contribution >= 0.6 is 23.2 Å². The first-order chi connectivity index (χ1) is 17.7. The molecule has 0 aliphatic carbocycles. The number of carbonyl (C=O) groups excluding carboxylic acids is 2. The zero-order valence-electron chi connectivity index (χ0n) is 20.9. The van der Waals surface area contributed by atoms with Gasteiger partial charge in [-0.05, 0) is 28.7 Å². The van der Waals surface area contributed by atoms with Crippen LogP contribution < -0.4 is 10.6 Å². The summed E-state index contributed by atoms with van der Waals surface area (Å²) in [6.07, 6.45) is -0.757. The minimum Gasteiger partial charge on any atom is -0.481 e. The first-order valence-corrected chi connectivity index (χ1v) is 13.0. The number of alkyl halides is 2. The van der Waals surface area contributed by atoms with Gasteiger partial charge in [-0.3, -0.25) is 19.3 Å². The van der Waals surface area contributed by atoms with Crippen LogP contribution in [0.4, 0.5) is 14.5 Å². The van der Waals surface area contributed by atoms with Gasteiger partial charge in [-0.2, -0.15) is 0 Å². The highest BCUT2D eigenvalue weighted by Crippen LogP contribution is 2.60. The van der Waals surface area contributed by atoms with Crippen LogP contribution in [0.5, 0.6) is 0 Å². The van der Waals surface area contributed by atoms with Gasteiger partial charge in [-0.25, -0.2) is 8.78 Å². The number of hydrogen-bond donors (Lipinski definition) is 3. The van der Waals surface area contributed by atoms with E-state index in [4.69, 9.17) is 23.2 Å². The largest absolute Gasteiger partial charge is 0.481 e. The van der Waals surface area contributed by atoms with Gasteiger partial charge in [0.15, 0.2) is 0 Å². The van der Waals surface area contributed by atoms with Crippen molar-refractivity contribution in [2.24, 2.45) is 11.8 Å². The Labute approximate surface area is 228 Å². The highest BCUT2D eigenvalue weighted by molar-refractivity contribution is 6.38. The molecule has 202 valence electrons. The quantitative estimate of drug-likeness (QED) is 0.495. The van der Waals surface area contributed by atoms with E-state index in [0.29, 0.717) is 0 Å². The zero-order valence-corrected chi connectivity index (χ0v) is 22.5. The lowest BCUT2D eigenvalue weighted by molar-refractivity contribution is -0.153. The second kappa shape index (κ2) is 8.89. The maximum atomic E-state index is 14.8. The Kier molecular flexibility index (Phi) is 6.28. The Bertz CT molecular complexity index is 1360. The van der Waals surface area contributed by atoms with E-state index in [9.17, 15) is 28.3 Å². The number of hydrogen-bond acceptors (Lipinski definition) is 4. The van der Waals surface area contributed by atoms with Crippen molar-refractivity contribution in [3.05, 3.63) is 63.1 Å². The van der Waals surface area contributed by atoms with E-state index in [-0.39, 0.29) is 33.3 Å². The van der Waals surface area contributed by atoms with Crippen molar-refractivity contribution in [3.63, 3.8) is 0 Å². The fourth-order valence-electron chi connectivity index (χ4n) is 6.25. The fraction of sp³-hybridized carbons (Fsp3) is 0.444. The third-order valence-corrected chi connectivity index (χ3v) is 8.38. The minimum absolute atomic E-state index is 0.0519. The van der Waals surface area contributed by atoms with Gasteiger partial charge >= 0.3 is 5.97 Å². The van der Waals surface area contributed by atoms with Crippen LogP contribution in [0.1, 0.15) is 43.9 Å². The SMILES string of the molecule is CC(C)(C)c1cccc(CNC(=O)C2C3CC(F)(F)CN3C3(C(=O)Nc4c(Cl)cc(Cl)cc43)C2C(=O)O)c1. The summed E-state index contributed by atoms with van der Waals surface area (Å²) in [4.78, 5) is 41.2. The molecule has 5 rings (SSSR count). The average Bonchev–Trinajstić information content (AvgIpc) is 3.38. The van der Waals surface area contributed by atoms with E-state index in [1.54, 1.807) is 0 Å². The number of rotatable bonds is 4. The molecule has 11 heteroatoms. The molecule has 2 aromatic rings. The molecule has 1 spiro atoms. The molecule has 3 aliphatic rings. The number of carboxylic acid groups (broad SMARTS) is 1. The smallest absolute Gasteiger partial charge is 0.310 e. The lowest BCUT2D eigenvalue weighted by atomic mass is 9.73. The highest BCUT2D eigenvalue weighted by Gasteiger charge is 2.74. The summed E-state index contributed by atoms with van der Waals surface area (Å²) in [5.74, 6) is -9.29. The van der Waals surface area contributed by atoms with Crippen molar-refractivity contribution in [3.8, 4) is 0 Å². The number of amides is 2. The van der Waals surface area contributed by atoms with Gasteiger partial charge in [-0.1, -0.05) is 68.2 Å². The predicted molar refractivity (Wildman–Crippen MR) is 138 cm³/mol. The summed E-state index contributed by atoms with van der Waals surface area (Å²) >= 11 is 12.5. The molecule has 2 saturated heterocycles. The Hall–Kier alpha value is -2.75. The minimum atomic E-state index is -3.23. The molecule has 3 heterocycles. The van der Waals surface area contributed by atoms with E-state index in [1.807, 2.05) is 24.3 Å². The molecule has 4 unspecified atom stereocenters. The molecule has 3 N–H and O–H groups in total. The van der Waals surface area contributed by atoms with Crippen LogP contribution in [0.25, 0.3) is 0 Å². The molecule has 2 amide bonds. The van der Waals surface area contributed by atoms with Crippen LogP contribution in [-0.4, -0.2) is 46.3 Å². The number of aliphatic carboxylic acids is 1. The fourth-order valence-corrected chi connectivity index (χ4v) is 6.80. The number of halogens is 4. The first-order valence-electron chi connectivity index (χ1n) is 12.2. The van der Waals surface area contributed by atoms with Gasteiger partial charge in [0.05, 0.1) is 23.2 Å². The lowest BCUT2D eigenvalue weighted by Crippen LogP contribution is -2.54. The van der Waals surface area contributed by atoms with E-state index < -0.39 is 60.1 Å². The van der Waals surface area contributed by atoms with Gasteiger partial charge in [-0.15, -0.1) is 0 Å². The number of benzene rings is 2. The van der Waals surface area contributed by atoms with Gasteiger partial charge in [0.1, 0.15) is 11.5 Å². The average molecular weight is 566 g/mol. The molecule has 3 aliphatic heterocycles. The number of carbonyl (C=O) groups is 3. The van der Waals surface area contributed by atoms with E-state index in [1.165, 1.54) is 17.0 Å². The van der Waals surface area contributed by atoms with Gasteiger partial charge in [0.2, 0.25) is 5.91 Å². The monoisotopic (exact) mass is 565 g/mol. The first kappa shape index (κ1) is 26.8. The molecule has 4 atom stereocenters. The van der Waals surface area contributed by atoms with Gasteiger partial charge < -0.3 is 15.7 Å². The summed E-state index contributed by atoms with van der Waals surface area (Å²) in [6.45, 7) is 5.35. The second-order valence-electron chi connectivity index (χ2n) is 11.3. The number of carboxylic acids is 1. The third-order valence-electron chi connectivity index (χ3n) is 7.87. The van der Waals surface area contributed by atoms with Crippen LogP contribution in [0, 0.1) is 11.8 Å². The second-order valence-corrected chi connectivity index (χ2v) is 12.1. The zero-order chi connectivity index (χ0) is 27.8. The maximum absolute atomic E-state index is 14.8. The molecule has 0 aromatic heterocycles. The number of anilines is 1. The van der Waals surface area contributed by atoms with Crippen molar-refractivity contribution in [2.75, 3.05) is 11.9 Å². The predicted octanol–water partition coefficient (Wildman–Crippen LogP) is 4.79. The summed E-state index contributed by atoms with van der Waals surface area (Å²) in [7, 11) is 0. The van der Waals surface area contributed by atoms with Gasteiger partial charge in [0.25, 0.3) is 11.8 Å². The van der Waals surface area contributed by atoms with Crippen LogP contribution in [0.15, 0.2) is 36.4 Å². The van der Waals surface area contributed by atoms with Crippen molar-refractivity contribution in [1.82, 2.24) is 10.2 Å². The standard InChI is InChI=1S/C27H27Cl2F2N3O4/c1-25(2,3)14-6-4-5-13(7-14)11-32-22(35)19-18-10-26(30,31)12-34(18)27(20(19)23(36)37)16-8-15(28)9-17(29)21(16)33-24(27)38/h4-9,18-20H,10-12H2,1-3H3,(H,32,35)(H,33,38)(H,36,37).